The second-order valence-corrected chi connectivity index (χ2v) is 6.77. The molecule has 3 rings (SSSR count). The summed E-state index contributed by atoms with van der Waals surface area (Å²) in [6, 6.07) is 21.4. The van der Waals surface area contributed by atoms with Crippen LogP contribution in [-0.4, -0.2) is 25.2 Å². The maximum atomic E-state index is 12.8. The Kier molecular flexibility index (Phi) is 6.34. The number of amides is 2. The average molecular weight is 392 g/mol. The minimum absolute atomic E-state index is 0.297. The molecule has 3 aromatic rings. The van der Waals surface area contributed by atoms with E-state index < -0.39 is 0 Å². The van der Waals surface area contributed by atoms with E-state index in [2.05, 4.69) is 10.6 Å². The van der Waals surface area contributed by atoms with Gasteiger partial charge in [-0.15, -0.1) is 11.8 Å². The van der Waals surface area contributed by atoms with Crippen molar-refractivity contribution in [2.24, 2.45) is 0 Å². The smallest absolute Gasteiger partial charge is 0.259 e. The molecular weight excluding hydrogens is 372 g/mol. The molecule has 0 saturated heterocycles. The van der Waals surface area contributed by atoms with Crippen molar-refractivity contribution in [1.82, 2.24) is 0 Å². The number of carbonyl (C=O) groups is 2. The van der Waals surface area contributed by atoms with Crippen LogP contribution in [0.4, 0.5) is 11.4 Å². The lowest BCUT2D eigenvalue weighted by molar-refractivity contribution is 0.102. The summed E-state index contributed by atoms with van der Waals surface area (Å²) >= 11 is 1.60. The van der Waals surface area contributed by atoms with Crippen molar-refractivity contribution in [2.75, 3.05) is 24.0 Å². The molecule has 28 heavy (non-hydrogen) atoms. The topological polar surface area (TPSA) is 67.4 Å². The second-order valence-electron chi connectivity index (χ2n) is 5.89. The van der Waals surface area contributed by atoms with Gasteiger partial charge in [-0.25, -0.2) is 0 Å². The van der Waals surface area contributed by atoms with Crippen LogP contribution < -0.4 is 15.4 Å². The van der Waals surface area contributed by atoms with E-state index in [-0.39, 0.29) is 11.8 Å². The molecule has 0 bridgehead atoms. The molecule has 6 heteroatoms. The Morgan fingerprint density at radius 3 is 2.25 bits per heavy atom. The first kappa shape index (κ1) is 19.5. The normalized spacial score (nSPS) is 10.2. The third kappa shape index (κ3) is 4.53. The van der Waals surface area contributed by atoms with Crippen molar-refractivity contribution < 1.29 is 14.3 Å². The van der Waals surface area contributed by atoms with Crippen LogP contribution in [0.2, 0.25) is 0 Å². The summed E-state index contributed by atoms with van der Waals surface area (Å²) in [6.07, 6.45) is 1.98. The number of hydrogen-bond donors (Lipinski definition) is 2. The molecule has 0 heterocycles. The number of anilines is 2. The Morgan fingerprint density at radius 2 is 1.50 bits per heavy atom. The lowest BCUT2D eigenvalue weighted by atomic mass is 10.1. The van der Waals surface area contributed by atoms with Crippen LogP contribution in [0.15, 0.2) is 77.7 Å². The van der Waals surface area contributed by atoms with Crippen LogP contribution in [0.25, 0.3) is 0 Å². The standard InChI is InChI=1S/C22H20N2O3S/c1-27-20-13-6-4-11-18(20)22(26)24-19-12-5-3-10-17(19)21(25)23-15-8-7-9-16(14-15)28-2/h3-14H,1-2H3,(H,23,25)(H,24,26). The number of carbonyl (C=O) groups excluding carboxylic acids is 2. The van der Waals surface area contributed by atoms with Crippen molar-refractivity contribution >= 4 is 35.0 Å². The number of thioether (sulfide) groups is 1. The van der Waals surface area contributed by atoms with Crippen molar-refractivity contribution in [3.8, 4) is 5.75 Å². The first-order valence-electron chi connectivity index (χ1n) is 8.61. The SMILES string of the molecule is COc1ccccc1C(=O)Nc1ccccc1C(=O)Nc1cccc(SC)c1. The highest BCUT2D eigenvalue weighted by molar-refractivity contribution is 7.98. The Balaban J connectivity index is 1.82. The molecule has 0 aliphatic carbocycles. The van der Waals surface area contributed by atoms with E-state index in [4.69, 9.17) is 4.74 Å². The van der Waals surface area contributed by atoms with Gasteiger partial charge in [-0.3, -0.25) is 9.59 Å². The molecule has 0 unspecified atom stereocenters. The van der Waals surface area contributed by atoms with Crippen molar-refractivity contribution in [1.29, 1.82) is 0 Å². The Morgan fingerprint density at radius 1 is 0.821 bits per heavy atom. The van der Waals surface area contributed by atoms with Crippen LogP contribution in [-0.2, 0) is 0 Å². The second kappa shape index (κ2) is 9.10. The van der Waals surface area contributed by atoms with Crippen LogP contribution >= 0.6 is 11.8 Å². The van der Waals surface area contributed by atoms with Crippen LogP contribution in [0, 0.1) is 0 Å². The summed E-state index contributed by atoms with van der Waals surface area (Å²) < 4.78 is 5.24. The van der Waals surface area contributed by atoms with Gasteiger partial charge in [-0.2, -0.15) is 0 Å². The lowest BCUT2D eigenvalue weighted by Gasteiger charge is -2.13. The molecule has 0 aliphatic rings. The molecular formula is C22H20N2O3S. The maximum absolute atomic E-state index is 12.8. The molecule has 142 valence electrons. The summed E-state index contributed by atoms with van der Waals surface area (Å²) in [5.41, 5.74) is 1.90. The van der Waals surface area contributed by atoms with Crippen molar-refractivity contribution in [3.05, 3.63) is 83.9 Å². The molecule has 0 atom stereocenters. The van der Waals surface area contributed by atoms with E-state index in [9.17, 15) is 9.59 Å². The Bertz CT molecular complexity index is 1000. The number of ether oxygens (including phenoxy) is 1. The minimum Gasteiger partial charge on any atom is -0.496 e. The van der Waals surface area contributed by atoms with Gasteiger partial charge in [0.2, 0.25) is 0 Å². The zero-order valence-corrected chi connectivity index (χ0v) is 16.4. The predicted octanol–water partition coefficient (Wildman–Crippen LogP) is 4.92. The summed E-state index contributed by atoms with van der Waals surface area (Å²) in [5.74, 6) is -0.174. The molecule has 0 aliphatic heterocycles. The monoisotopic (exact) mass is 392 g/mol. The first-order chi connectivity index (χ1) is 13.6. The van der Waals surface area contributed by atoms with Crippen molar-refractivity contribution in [3.63, 3.8) is 0 Å². The largest absolute Gasteiger partial charge is 0.496 e. The van der Waals surface area contributed by atoms with Crippen molar-refractivity contribution in [2.45, 2.75) is 4.90 Å². The molecule has 0 aromatic heterocycles. The molecule has 3 aromatic carbocycles. The van der Waals surface area contributed by atoms with Gasteiger partial charge in [0.05, 0.1) is 23.9 Å². The summed E-state index contributed by atoms with van der Waals surface area (Å²) in [4.78, 5) is 26.5. The molecule has 2 amide bonds. The summed E-state index contributed by atoms with van der Waals surface area (Å²) in [7, 11) is 1.51. The zero-order chi connectivity index (χ0) is 19.9. The van der Waals surface area contributed by atoms with Gasteiger partial charge in [-0.1, -0.05) is 30.3 Å². The Hall–Kier alpha value is -3.25. The number of methoxy groups -OCH3 is 1. The highest BCUT2D eigenvalue weighted by atomic mass is 32.2. The minimum atomic E-state index is -0.345. The zero-order valence-electron chi connectivity index (χ0n) is 15.6. The molecule has 0 saturated carbocycles. The fourth-order valence-corrected chi connectivity index (χ4v) is 3.17. The van der Waals surface area contributed by atoms with E-state index in [0.717, 1.165) is 4.90 Å². The van der Waals surface area contributed by atoms with E-state index >= 15 is 0 Å². The fourth-order valence-electron chi connectivity index (χ4n) is 2.71. The number of nitrogens with one attached hydrogen (secondary N) is 2. The van der Waals surface area contributed by atoms with E-state index in [1.807, 2.05) is 30.5 Å². The van der Waals surface area contributed by atoms with Gasteiger partial charge in [0.1, 0.15) is 5.75 Å². The lowest BCUT2D eigenvalue weighted by Crippen LogP contribution is -2.18. The van der Waals surface area contributed by atoms with Gasteiger partial charge in [0, 0.05) is 10.6 Å². The van der Waals surface area contributed by atoms with E-state index in [1.54, 1.807) is 60.3 Å². The van der Waals surface area contributed by atoms with Crippen LogP contribution in [0.1, 0.15) is 20.7 Å². The third-order valence-corrected chi connectivity index (χ3v) is 4.82. The molecule has 0 fully saturated rings. The summed E-state index contributed by atoms with van der Waals surface area (Å²) in [5, 5.41) is 5.69. The quantitative estimate of drug-likeness (QED) is 0.584. The number of rotatable bonds is 6. The van der Waals surface area contributed by atoms with Crippen LogP contribution in [0.3, 0.4) is 0 Å². The van der Waals surface area contributed by atoms with Gasteiger partial charge >= 0.3 is 0 Å². The highest BCUT2D eigenvalue weighted by Gasteiger charge is 2.16. The van der Waals surface area contributed by atoms with E-state index in [1.165, 1.54) is 7.11 Å². The van der Waals surface area contributed by atoms with Gasteiger partial charge in [0.25, 0.3) is 11.8 Å². The highest BCUT2D eigenvalue weighted by Crippen LogP contribution is 2.23. The molecule has 5 nitrogen and oxygen atoms in total. The summed E-state index contributed by atoms with van der Waals surface area (Å²) in [6.45, 7) is 0. The average Bonchev–Trinajstić information content (AvgIpc) is 2.74. The van der Waals surface area contributed by atoms with Gasteiger partial charge in [-0.05, 0) is 48.7 Å². The fraction of sp³-hybridized carbons (Fsp3) is 0.0909. The number of benzene rings is 3. The molecule has 2 N–H and O–H groups in total. The number of para-hydroxylation sites is 2. The van der Waals surface area contributed by atoms with Gasteiger partial charge in [0.15, 0.2) is 0 Å². The number of hydrogen-bond acceptors (Lipinski definition) is 4. The van der Waals surface area contributed by atoms with Gasteiger partial charge < -0.3 is 15.4 Å². The maximum Gasteiger partial charge on any atom is 0.259 e. The predicted molar refractivity (Wildman–Crippen MR) is 114 cm³/mol. The third-order valence-electron chi connectivity index (χ3n) is 4.10. The Labute approximate surface area is 168 Å². The molecule has 0 spiro atoms. The van der Waals surface area contributed by atoms with Crippen LogP contribution in [0.5, 0.6) is 5.75 Å². The first-order valence-corrected chi connectivity index (χ1v) is 9.83. The molecule has 0 radical (unpaired) electrons. The van der Waals surface area contributed by atoms with E-state index in [0.29, 0.717) is 28.3 Å².